The van der Waals surface area contributed by atoms with Crippen LogP contribution in [0, 0.1) is 17.0 Å². The van der Waals surface area contributed by atoms with E-state index in [1.165, 1.54) is 10.8 Å². The summed E-state index contributed by atoms with van der Waals surface area (Å²) in [4.78, 5) is 25.6. The summed E-state index contributed by atoms with van der Waals surface area (Å²) in [5.74, 6) is -3.08. The lowest BCUT2D eigenvalue weighted by Gasteiger charge is -2.43. The average Bonchev–Trinajstić information content (AvgIpc) is 3.43. The van der Waals surface area contributed by atoms with Crippen LogP contribution in [0.3, 0.4) is 0 Å². The Labute approximate surface area is 160 Å². The first kappa shape index (κ1) is 18.9. The SMILES string of the molecule is CC1(C)CN(c2c(F)cc3c(=O)c(C(=O)O)cn(C4CC4)c3c2F)CCC1N. The third kappa shape index (κ3) is 2.87. The van der Waals surface area contributed by atoms with Crippen LogP contribution < -0.4 is 16.1 Å². The number of pyridine rings is 1. The number of nitrogens with two attached hydrogens (primary N) is 1. The van der Waals surface area contributed by atoms with Crippen molar-refractivity contribution in [1.82, 2.24) is 4.57 Å². The number of nitrogens with zero attached hydrogens (tertiary/aromatic N) is 2. The van der Waals surface area contributed by atoms with Crippen molar-refractivity contribution in [3.05, 3.63) is 39.7 Å². The van der Waals surface area contributed by atoms with Gasteiger partial charge in [0.25, 0.3) is 0 Å². The third-order valence-electron chi connectivity index (χ3n) is 5.98. The minimum atomic E-state index is -1.40. The molecule has 1 unspecified atom stereocenters. The Balaban J connectivity index is 1.96. The van der Waals surface area contributed by atoms with Crippen LogP contribution in [0.25, 0.3) is 10.9 Å². The molecule has 4 rings (SSSR count). The van der Waals surface area contributed by atoms with E-state index in [4.69, 9.17) is 5.73 Å². The van der Waals surface area contributed by atoms with Crippen LogP contribution in [0.2, 0.25) is 0 Å². The molecule has 0 bridgehead atoms. The van der Waals surface area contributed by atoms with Crippen molar-refractivity contribution in [3.63, 3.8) is 0 Å². The molecule has 2 fully saturated rings. The highest BCUT2D eigenvalue weighted by Gasteiger charge is 2.37. The minimum Gasteiger partial charge on any atom is -0.477 e. The Hall–Kier alpha value is -2.48. The number of aromatic nitrogens is 1. The smallest absolute Gasteiger partial charge is 0.341 e. The van der Waals surface area contributed by atoms with Gasteiger partial charge in [-0.3, -0.25) is 4.79 Å². The van der Waals surface area contributed by atoms with E-state index in [0.717, 1.165) is 18.9 Å². The Morgan fingerprint density at radius 3 is 2.54 bits per heavy atom. The van der Waals surface area contributed by atoms with Crippen LogP contribution in [0.5, 0.6) is 0 Å². The number of piperidine rings is 1. The summed E-state index contributed by atoms with van der Waals surface area (Å²) in [7, 11) is 0. The second-order valence-electron chi connectivity index (χ2n) is 8.54. The second-order valence-corrected chi connectivity index (χ2v) is 8.54. The first-order valence-electron chi connectivity index (χ1n) is 9.42. The predicted octanol–water partition coefficient (Wildman–Crippen LogP) is 2.88. The number of fused-ring (bicyclic) bond motifs is 1. The van der Waals surface area contributed by atoms with Crippen molar-refractivity contribution in [2.24, 2.45) is 11.1 Å². The Kier molecular flexibility index (Phi) is 4.22. The predicted molar refractivity (Wildman–Crippen MR) is 102 cm³/mol. The first-order chi connectivity index (χ1) is 13.1. The van der Waals surface area contributed by atoms with Gasteiger partial charge in [-0.2, -0.15) is 0 Å². The normalized spacial score (nSPS) is 21.9. The second kappa shape index (κ2) is 6.27. The number of anilines is 1. The minimum absolute atomic E-state index is 0.0263. The summed E-state index contributed by atoms with van der Waals surface area (Å²) in [6.07, 6.45) is 3.30. The molecular formula is C20H23F2N3O3. The Morgan fingerprint density at radius 2 is 1.96 bits per heavy atom. The number of carbonyl (C=O) groups is 1. The van der Waals surface area contributed by atoms with Crippen LogP contribution >= 0.6 is 0 Å². The zero-order chi connectivity index (χ0) is 20.4. The van der Waals surface area contributed by atoms with Crippen LogP contribution in [0.1, 0.15) is 49.5 Å². The summed E-state index contributed by atoms with van der Waals surface area (Å²) < 4.78 is 32.1. The number of hydrogen-bond donors (Lipinski definition) is 2. The van der Waals surface area contributed by atoms with Crippen molar-refractivity contribution < 1.29 is 18.7 Å². The van der Waals surface area contributed by atoms with Gasteiger partial charge in [0, 0.05) is 31.4 Å². The van der Waals surface area contributed by atoms with E-state index >= 15 is 4.39 Å². The lowest BCUT2D eigenvalue weighted by atomic mass is 9.79. The van der Waals surface area contributed by atoms with Crippen molar-refractivity contribution >= 4 is 22.6 Å². The van der Waals surface area contributed by atoms with E-state index < -0.39 is 28.6 Å². The number of carboxylic acids is 1. The van der Waals surface area contributed by atoms with Gasteiger partial charge in [-0.15, -0.1) is 0 Å². The number of rotatable bonds is 3. The molecule has 1 aromatic heterocycles. The van der Waals surface area contributed by atoms with Gasteiger partial charge in [-0.05, 0) is 30.7 Å². The standard InChI is InChI=1S/C20H23F2N3O3/c1-20(2)9-24(6-5-14(20)23)17-13(21)7-11-16(15(17)22)25(10-3-4-10)8-12(18(11)26)19(27)28/h7-8,10,14H,3-6,9,23H2,1-2H3,(H,27,28). The third-order valence-corrected chi connectivity index (χ3v) is 5.98. The van der Waals surface area contributed by atoms with Crippen molar-refractivity contribution in [1.29, 1.82) is 0 Å². The van der Waals surface area contributed by atoms with Gasteiger partial charge < -0.3 is 20.3 Å². The molecule has 3 N–H and O–H groups in total. The van der Waals surface area contributed by atoms with E-state index in [2.05, 4.69) is 0 Å². The van der Waals surface area contributed by atoms with Crippen LogP contribution in [0.15, 0.2) is 17.1 Å². The van der Waals surface area contributed by atoms with Gasteiger partial charge in [0.05, 0.1) is 10.9 Å². The fourth-order valence-electron chi connectivity index (χ4n) is 4.08. The maximum atomic E-state index is 15.6. The zero-order valence-corrected chi connectivity index (χ0v) is 15.8. The highest BCUT2D eigenvalue weighted by Crippen LogP contribution is 2.40. The van der Waals surface area contributed by atoms with E-state index in [-0.39, 0.29) is 34.1 Å². The molecule has 2 heterocycles. The van der Waals surface area contributed by atoms with Gasteiger partial charge in [0.2, 0.25) is 5.43 Å². The first-order valence-corrected chi connectivity index (χ1v) is 9.42. The molecule has 0 spiro atoms. The molecule has 150 valence electrons. The highest BCUT2D eigenvalue weighted by molar-refractivity contribution is 5.94. The van der Waals surface area contributed by atoms with Gasteiger partial charge >= 0.3 is 5.97 Å². The highest BCUT2D eigenvalue weighted by atomic mass is 19.1. The van der Waals surface area contributed by atoms with Crippen molar-refractivity contribution in [2.45, 2.75) is 45.2 Å². The fraction of sp³-hybridized carbons (Fsp3) is 0.500. The summed E-state index contributed by atoms with van der Waals surface area (Å²) >= 11 is 0. The van der Waals surface area contributed by atoms with E-state index in [1.807, 2.05) is 13.8 Å². The Bertz CT molecular complexity index is 1040. The summed E-state index contributed by atoms with van der Waals surface area (Å²) in [5, 5.41) is 9.07. The van der Waals surface area contributed by atoms with Gasteiger partial charge in [-0.1, -0.05) is 13.8 Å². The number of halogens is 2. The van der Waals surface area contributed by atoms with Crippen molar-refractivity contribution in [2.75, 3.05) is 18.0 Å². The Morgan fingerprint density at radius 1 is 1.29 bits per heavy atom. The number of hydrogen-bond acceptors (Lipinski definition) is 4. The maximum absolute atomic E-state index is 15.6. The maximum Gasteiger partial charge on any atom is 0.341 e. The number of carboxylic acid groups (broad SMARTS) is 1. The largest absolute Gasteiger partial charge is 0.477 e. The van der Waals surface area contributed by atoms with Gasteiger partial charge in [0.15, 0.2) is 5.82 Å². The molecule has 1 saturated heterocycles. The molecule has 1 aromatic carbocycles. The quantitative estimate of drug-likeness (QED) is 0.840. The molecule has 6 nitrogen and oxygen atoms in total. The lowest BCUT2D eigenvalue weighted by Crippen LogP contribution is -2.53. The lowest BCUT2D eigenvalue weighted by molar-refractivity contribution is 0.0694. The summed E-state index contributed by atoms with van der Waals surface area (Å²) in [6.45, 7) is 4.71. The molecule has 1 saturated carbocycles. The van der Waals surface area contributed by atoms with E-state index in [1.54, 1.807) is 4.90 Å². The number of benzene rings is 1. The molecule has 2 aromatic rings. The van der Waals surface area contributed by atoms with Gasteiger partial charge in [-0.25, -0.2) is 13.6 Å². The molecule has 2 aliphatic rings. The molecule has 1 atom stereocenters. The van der Waals surface area contributed by atoms with Crippen LogP contribution in [-0.4, -0.2) is 34.8 Å². The fourth-order valence-corrected chi connectivity index (χ4v) is 4.08. The van der Waals surface area contributed by atoms with E-state index in [9.17, 15) is 19.1 Å². The summed E-state index contributed by atoms with van der Waals surface area (Å²) in [6, 6.07) is 0.821. The van der Waals surface area contributed by atoms with Crippen molar-refractivity contribution in [3.8, 4) is 0 Å². The molecule has 28 heavy (non-hydrogen) atoms. The van der Waals surface area contributed by atoms with Crippen LogP contribution in [-0.2, 0) is 0 Å². The number of aromatic carboxylic acids is 1. The summed E-state index contributed by atoms with van der Waals surface area (Å²) in [5.41, 5.74) is 4.27. The molecule has 0 amide bonds. The molecule has 1 aliphatic heterocycles. The molecule has 8 heteroatoms. The molecule has 1 aliphatic carbocycles. The molecular weight excluding hydrogens is 368 g/mol. The topological polar surface area (TPSA) is 88.6 Å². The zero-order valence-electron chi connectivity index (χ0n) is 15.8. The van der Waals surface area contributed by atoms with Crippen LogP contribution in [0.4, 0.5) is 14.5 Å². The monoisotopic (exact) mass is 391 g/mol. The van der Waals surface area contributed by atoms with Gasteiger partial charge in [0.1, 0.15) is 17.1 Å². The van der Waals surface area contributed by atoms with E-state index in [0.29, 0.717) is 19.5 Å². The molecule has 0 radical (unpaired) electrons. The average molecular weight is 391 g/mol.